The van der Waals surface area contributed by atoms with Gasteiger partial charge in [0.25, 0.3) is 0 Å². The molecule has 2 N–H and O–H groups in total. The highest BCUT2D eigenvalue weighted by molar-refractivity contribution is 7.89. The molecule has 184 valence electrons. The van der Waals surface area contributed by atoms with Gasteiger partial charge >= 0.3 is 0 Å². The first kappa shape index (κ1) is 26.5. The van der Waals surface area contributed by atoms with Gasteiger partial charge in [0, 0.05) is 24.7 Å². The predicted octanol–water partition coefficient (Wildman–Crippen LogP) is 4.48. The lowest BCUT2D eigenvalue weighted by atomic mass is 9.95. The second-order valence-corrected chi connectivity index (χ2v) is 11.6. The molecule has 1 atom stereocenters. The van der Waals surface area contributed by atoms with Crippen LogP contribution < -0.4 is 10.6 Å². The molecule has 0 aromatic heterocycles. The van der Waals surface area contributed by atoms with Gasteiger partial charge in [-0.1, -0.05) is 54.7 Å². The SMILES string of the molecule is Cc1ccc(S(=O)(=O)N2CCC(C(=O)NC(C(=O)Nc3ccc(Cl)c(Cl)c3)C(C)C)CC2)cc1. The summed E-state index contributed by atoms with van der Waals surface area (Å²) in [5.74, 6) is -1.14. The summed E-state index contributed by atoms with van der Waals surface area (Å²) in [6.45, 7) is 6.08. The fourth-order valence-electron chi connectivity index (χ4n) is 3.82. The van der Waals surface area contributed by atoms with E-state index < -0.39 is 16.1 Å². The molecule has 0 radical (unpaired) electrons. The van der Waals surface area contributed by atoms with E-state index in [1.54, 1.807) is 42.5 Å². The first-order chi connectivity index (χ1) is 16.0. The molecule has 7 nitrogen and oxygen atoms in total. The molecule has 0 aliphatic carbocycles. The van der Waals surface area contributed by atoms with Crippen LogP contribution in [0.5, 0.6) is 0 Å². The Balaban J connectivity index is 1.60. The summed E-state index contributed by atoms with van der Waals surface area (Å²) in [6, 6.07) is 10.7. The number of nitrogens with one attached hydrogen (secondary N) is 2. The van der Waals surface area contributed by atoms with Crippen molar-refractivity contribution in [2.75, 3.05) is 18.4 Å². The summed E-state index contributed by atoms with van der Waals surface area (Å²) >= 11 is 11.9. The Bertz CT molecular complexity index is 1150. The van der Waals surface area contributed by atoms with Crippen molar-refractivity contribution in [3.8, 4) is 0 Å². The van der Waals surface area contributed by atoms with Crippen molar-refractivity contribution in [3.63, 3.8) is 0 Å². The van der Waals surface area contributed by atoms with Crippen LogP contribution in [0, 0.1) is 18.8 Å². The van der Waals surface area contributed by atoms with E-state index in [-0.39, 0.29) is 41.6 Å². The van der Waals surface area contributed by atoms with Gasteiger partial charge in [0.1, 0.15) is 6.04 Å². The zero-order chi connectivity index (χ0) is 25.0. The molecule has 1 fully saturated rings. The fourth-order valence-corrected chi connectivity index (χ4v) is 5.59. The third-order valence-electron chi connectivity index (χ3n) is 5.92. The number of sulfonamides is 1. The molecule has 0 saturated carbocycles. The molecule has 1 unspecified atom stereocenters. The first-order valence-corrected chi connectivity index (χ1v) is 13.3. The van der Waals surface area contributed by atoms with Crippen LogP contribution in [0.1, 0.15) is 32.3 Å². The Hall–Kier alpha value is -2.13. The van der Waals surface area contributed by atoms with E-state index in [1.165, 1.54) is 4.31 Å². The quantitative estimate of drug-likeness (QED) is 0.556. The Morgan fingerprint density at radius 3 is 2.18 bits per heavy atom. The van der Waals surface area contributed by atoms with Crippen molar-refractivity contribution in [3.05, 3.63) is 58.1 Å². The number of piperidine rings is 1. The van der Waals surface area contributed by atoms with Gasteiger partial charge in [-0.3, -0.25) is 9.59 Å². The monoisotopic (exact) mass is 525 g/mol. The van der Waals surface area contributed by atoms with Gasteiger partial charge in [-0.05, 0) is 56.0 Å². The number of aryl methyl sites for hydroxylation is 1. The smallest absolute Gasteiger partial charge is 0.247 e. The zero-order valence-corrected chi connectivity index (χ0v) is 21.7. The number of amides is 2. The highest BCUT2D eigenvalue weighted by Crippen LogP contribution is 2.26. The van der Waals surface area contributed by atoms with Crippen LogP contribution in [0.4, 0.5) is 5.69 Å². The minimum absolute atomic E-state index is 0.159. The minimum atomic E-state index is -3.60. The molecule has 0 spiro atoms. The largest absolute Gasteiger partial charge is 0.344 e. The molecule has 1 aliphatic rings. The van der Waals surface area contributed by atoms with E-state index in [4.69, 9.17) is 23.2 Å². The number of hydrogen-bond acceptors (Lipinski definition) is 4. The summed E-state index contributed by atoms with van der Waals surface area (Å²) in [5.41, 5.74) is 1.46. The van der Waals surface area contributed by atoms with Crippen molar-refractivity contribution < 1.29 is 18.0 Å². The van der Waals surface area contributed by atoms with Crippen LogP contribution in [0.3, 0.4) is 0 Å². The average Bonchev–Trinajstić information content (AvgIpc) is 2.79. The zero-order valence-electron chi connectivity index (χ0n) is 19.3. The van der Waals surface area contributed by atoms with Gasteiger partial charge in [-0.25, -0.2) is 8.42 Å². The maximum absolute atomic E-state index is 12.9. The molecule has 1 aliphatic heterocycles. The number of nitrogens with zero attached hydrogens (tertiary/aromatic N) is 1. The Labute approximate surface area is 210 Å². The molecule has 34 heavy (non-hydrogen) atoms. The summed E-state index contributed by atoms with van der Waals surface area (Å²) in [6.07, 6.45) is 0.770. The second-order valence-electron chi connectivity index (χ2n) is 8.84. The van der Waals surface area contributed by atoms with Crippen LogP contribution >= 0.6 is 23.2 Å². The van der Waals surface area contributed by atoms with Gasteiger partial charge in [-0.15, -0.1) is 0 Å². The minimum Gasteiger partial charge on any atom is -0.344 e. The fraction of sp³-hybridized carbons (Fsp3) is 0.417. The maximum Gasteiger partial charge on any atom is 0.247 e. The van der Waals surface area contributed by atoms with Gasteiger partial charge in [0.05, 0.1) is 14.9 Å². The van der Waals surface area contributed by atoms with Crippen molar-refractivity contribution in [1.29, 1.82) is 0 Å². The molecule has 2 aromatic rings. The predicted molar refractivity (Wildman–Crippen MR) is 135 cm³/mol. The van der Waals surface area contributed by atoms with Gasteiger partial charge in [0.2, 0.25) is 21.8 Å². The molecular formula is C24H29Cl2N3O4S. The molecule has 2 amide bonds. The Kier molecular flexibility index (Phi) is 8.62. The van der Waals surface area contributed by atoms with E-state index in [0.29, 0.717) is 28.6 Å². The number of hydrogen-bond donors (Lipinski definition) is 2. The van der Waals surface area contributed by atoms with Gasteiger partial charge < -0.3 is 10.6 Å². The molecular weight excluding hydrogens is 497 g/mol. The Morgan fingerprint density at radius 2 is 1.62 bits per heavy atom. The third kappa shape index (κ3) is 6.30. The first-order valence-electron chi connectivity index (χ1n) is 11.1. The molecule has 0 bridgehead atoms. The average molecular weight is 526 g/mol. The van der Waals surface area contributed by atoms with Crippen molar-refractivity contribution in [2.45, 2.75) is 44.6 Å². The second kappa shape index (κ2) is 11.1. The molecule has 10 heteroatoms. The lowest BCUT2D eigenvalue weighted by Crippen LogP contribution is -2.50. The maximum atomic E-state index is 12.9. The lowest BCUT2D eigenvalue weighted by Gasteiger charge is -2.32. The molecule has 2 aromatic carbocycles. The van der Waals surface area contributed by atoms with Crippen LogP contribution in [-0.4, -0.2) is 43.7 Å². The summed E-state index contributed by atoms with van der Waals surface area (Å²) in [4.78, 5) is 26.0. The molecule has 1 saturated heterocycles. The molecule has 1 heterocycles. The normalized spacial score (nSPS) is 16.3. The van der Waals surface area contributed by atoms with E-state index in [9.17, 15) is 18.0 Å². The highest BCUT2D eigenvalue weighted by atomic mass is 35.5. The van der Waals surface area contributed by atoms with Crippen molar-refractivity contribution in [1.82, 2.24) is 9.62 Å². The summed E-state index contributed by atoms with van der Waals surface area (Å²) in [5, 5.41) is 6.31. The van der Waals surface area contributed by atoms with Crippen LogP contribution in [0.25, 0.3) is 0 Å². The summed E-state index contributed by atoms with van der Waals surface area (Å²) < 4.78 is 27.2. The van der Waals surface area contributed by atoms with E-state index in [0.717, 1.165) is 5.56 Å². The lowest BCUT2D eigenvalue weighted by molar-refractivity contribution is -0.130. The number of carbonyl (C=O) groups is 2. The standard InChI is InChI=1S/C24H29Cl2N3O4S/c1-15(2)22(24(31)27-18-6-9-20(25)21(26)14-18)28-23(30)17-10-12-29(13-11-17)34(32,33)19-7-4-16(3)5-8-19/h4-9,14-15,17,22H,10-13H2,1-3H3,(H,27,31)(H,28,30). The summed E-state index contributed by atoms with van der Waals surface area (Å²) in [7, 11) is -3.60. The number of carbonyl (C=O) groups excluding carboxylic acids is 2. The van der Waals surface area contributed by atoms with Gasteiger partial charge in [-0.2, -0.15) is 4.31 Å². The molecule has 3 rings (SSSR count). The van der Waals surface area contributed by atoms with Crippen LogP contribution in [-0.2, 0) is 19.6 Å². The Morgan fingerprint density at radius 1 is 1.00 bits per heavy atom. The number of anilines is 1. The highest BCUT2D eigenvalue weighted by Gasteiger charge is 2.34. The number of rotatable bonds is 7. The number of benzene rings is 2. The van der Waals surface area contributed by atoms with E-state index in [2.05, 4.69) is 10.6 Å². The van der Waals surface area contributed by atoms with Crippen molar-refractivity contribution in [2.24, 2.45) is 11.8 Å². The number of halogens is 2. The van der Waals surface area contributed by atoms with Crippen LogP contribution in [0.2, 0.25) is 10.0 Å². The van der Waals surface area contributed by atoms with Gasteiger partial charge in [0.15, 0.2) is 0 Å². The third-order valence-corrected chi connectivity index (χ3v) is 8.57. The van der Waals surface area contributed by atoms with E-state index in [1.807, 2.05) is 20.8 Å². The van der Waals surface area contributed by atoms with Crippen molar-refractivity contribution >= 4 is 50.7 Å². The van der Waals surface area contributed by atoms with E-state index >= 15 is 0 Å². The van der Waals surface area contributed by atoms with Crippen LogP contribution in [0.15, 0.2) is 47.4 Å². The topological polar surface area (TPSA) is 95.6 Å².